The second-order valence-corrected chi connectivity index (χ2v) is 4.93. The Morgan fingerprint density at radius 2 is 2.24 bits per heavy atom. The van der Waals surface area contributed by atoms with Gasteiger partial charge in [-0.05, 0) is 36.6 Å². The summed E-state index contributed by atoms with van der Waals surface area (Å²) in [6, 6.07) is 6.84. The van der Waals surface area contributed by atoms with E-state index >= 15 is 0 Å². The lowest BCUT2D eigenvalue weighted by atomic mass is 10.0. The number of carbonyl (C=O) groups is 1. The van der Waals surface area contributed by atoms with Gasteiger partial charge in [0, 0.05) is 11.7 Å². The first kappa shape index (κ1) is 12.1. The molecule has 1 aromatic carbocycles. The Morgan fingerprint density at radius 1 is 1.41 bits per heavy atom. The largest absolute Gasteiger partial charge is 0.326 e. The van der Waals surface area contributed by atoms with E-state index in [0.29, 0.717) is 12.5 Å². The Balaban J connectivity index is 1.86. The first-order valence-electron chi connectivity index (χ1n) is 6.30. The van der Waals surface area contributed by atoms with E-state index in [9.17, 15) is 4.79 Å². The smallest absolute Gasteiger partial charge is 0.228 e. The normalized spacial score (nSPS) is 13.9. The number of hydrogen-bond donors (Lipinski definition) is 2. The van der Waals surface area contributed by atoms with E-state index in [1.807, 2.05) is 6.07 Å². The fourth-order valence-electron chi connectivity index (χ4n) is 2.12. The zero-order valence-electron chi connectivity index (χ0n) is 10.5. The quantitative estimate of drug-likeness (QED) is 0.763. The summed E-state index contributed by atoms with van der Waals surface area (Å²) in [5, 5.41) is 6.26. The summed E-state index contributed by atoms with van der Waals surface area (Å²) in [5.74, 6) is 0.110. The summed E-state index contributed by atoms with van der Waals surface area (Å²) in [6.45, 7) is 5.37. The van der Waals surface area contributed by atoms with Crippen molar-refractivity contribution < 1.29 is 4.79 Å². The van der Waals surface area contributed by atoms with E-state index in [4.69, 9.17) is 0 Å². The molecule has 2 N–H and O–H groups in total. The maximum absolute atomic E-state index is 11.2. The molecule has 92 valence electrons. The van der Waals surface area contributed by atoms with Crippen LogP contribution in [0, 0.1) is 0 Å². The average Bonchev–Trinajstić information content (AvgIpc) is 2.63. The molecular formula is C14H20N2O. The number of benzene rings is 1. The molecule has 1 heterocycles. The Morgan fingerprint density at radius 3 is 3.00 bits per heavy atom. The van der Waals surface area contributed by atoms with Gasteiger partial charge in [0.15, 0.2) is 0 Å². The van der Waals surface area contributed by atoms with Crippen molar-refractivity contribution in [3.8, 4) is 0 Å². The van der Waals surface area contributed by atoms with Gasteiger partial charge in [-0.3, -0.25) is 4.79 Å². The number of rotatable bonds is 5. The van der Waals surface area contributed by atoms with Gasteiger partial charge in [0.1, 0.15) is 0 Å². The fraction of sp³-hybridized carbons (Fsp3) is 0.500. The number of hydrogen-bond acceptors (Lipinski definition) is 2. The molecule has 0 saturated heterocycles. The number of nitrogens with one attached hydrogen (secondary N) is 2. The third kappa shape index (κ3) is 3.30. The molecule has 3 nitrogen and oxygen atoms in total. The molecule has 0 radical (unpaired) electrons. The maximum Gasteiger partial charge on any atom is 0.228 e. The summed E-state index contributed by atoms with van der Waals surface area (Å²) in [6.07, 6.45) is 2.74. The molecule has 1 aliphatic rings. The van der Waals surface area contributed by atoms with E-state index < -0.39 is 0 Å². The molecule has 0 atom stereocenters. The third-order valence-corrected chi connectivity index (χ3v) is 2.99. The monoisotopic (exact) mass is 232 g/mol. The lowest BCUT2D eigenvalue weighted by Gasteiger charge is -2.08. The van der Waals surface area contributed by atoms with Crippen molar-refractivity contribution in [3.63, 3.8) is 0 Å². The molecule has 0 saturated carbocycles. The van der Waals surface area contributed by atoms with E-state index in [-0.39, 0.29) is 5.91 Å². The number of anilines is 1. The van der Waals surface area contributed by atoms with Crippen molar-refractivity contribution in [1.82, 2.24) is 5.32 Å². The zero-order chi connectivity index (χ0) is 12.3. The van der Waals surface area contributed by atoms with E-state index in [2.05, 4.69) is 36.6 Å². The van der Waals surface area contributed by atoms with Gasteiger partial charge in [0.25, 0.3) is 0 Å². The highest BCUT2D eigenvalue weighted by Crippen LogP contribution is 2.24. The van der Waals surface area contributed by atoms with Gasteiger partial charge in [-0.1, -0.05) is 26.0 Å². The van der Waals surface area contributed by atoms with Crippen molar-refractivity contribution in [1.29, 1.82) is 0 Å². The van der Waals surface area contributed by atoms with Crippen LogP contribution in [-0.4, -0.2) is 18.5 Å². The van der Waals surface area contributed by atoms with Crippen LogP contribution < -0.4 is 10.6 Å². The van der Waals surface area contributed by atoms with Crippen molar-refractivity contribution in [3.05, 3.63) is 29.3 Å². The van der Waals surface area contributed by atoms with Gasteiger partial charge in [-0.2, -0.15) is 0 Å². The van der Waals surface area contributed by atoms with Crippen LogP contribution in [0.1, 0.15) is 31.4 Å². The standard InChI is InChI=1S/C14H20N2O/c1-10(2)15-7-3-4-11-5-6-13-12(8-11)9-14(17)16-13/h5-6,8,10,15H,3-4,7,9H2,1-2H3,(H,16,17). The number of fused-ring (bicyclic) bond motifs is 1. The molecule has 0 spiro atoms. The fourth-order valence-corrected chi connectivity index (χ4v) is 2.12. The zero-order valence-corrected chi connectivity index (χ0v) is 10.5. The topological polar surface area (TPSA) is 41.1 Å². The Kier molecular flexibility index (Phi) is 3.79. The minimum Gasteiger partial charge on any atom is -0.326 e. The molecule has 3 heteroatoms. The van der Waals surface area contributed by atoms with Crippen LogP contribution in [0.3, 0.4) is 0 Å². The summed E-state index contributed by atoms with van der Waals surface area (Å²) < 4.78 is 0. The first-order chi connectivity index (χ1) is 8.15. The first-order valence-corrected chi connectivity index (χ1v) is 6.30. The molecule has 1 aromatic rings. The van der Waals surface area contributed by atoms with Crippen molar-refractivity contribution >= 4 is 11.6 Å². The number of aryl methyl sites for hydroxylation is 1. The minimum absolute atomic E-state index is 0.110. The van der Waals surface area contributed by atoms with Crippen LogP contribution in [0.15, 0.2) is 18.2 Å². The predicted octanol–water partition coefficient (Wildman–Crippen LogP) is 2.11. The highest BCUT2D eigenvalue weighted by Gasteiger charge is 2.16. The molecule has 1 aliphatic heterocycles. The van der Waals surface area contributed by atoms with Crippen LogP contribution in [0.4, 0.5) is 5.69 Å². The van der Waals surface area contributed by atoms with Gasteiger partial charge in [0.2, 0.25) is 5.91 Å². The lowest BCUT2D eigenvalue weighted by Crippen LogP contribution is -2.23. The Bertz CT molecular complexity index is 413. The highest BCUT2D eigenvalue weighted by atomic mass is 16.1. The second kappa shape index (κ2) is 5.32. The van der Waals surface area contributed by atoms with Crippen LogP contribution in [0.2, 0.25) is 0 Å². The SMILES string of the molecule is CC(C)NCCCc1ccc2c(c1)CC(=O)N2. The number of amides is 1. The van der Waals surface area contributed by atoms with Crippen molar-refractivity contribution in [2.45, 2.75) is 39.2 Å². The van der Waals surface area contributed by atoms with E-state index in [0.717, 1.165) is 30.6 Å². The highest BCUT2D eigenvalue weighted by molar-refractivity contribution is 5.99. The van der Waals surface area contributed by atoms with E-state index in [1.165, 1.54) is 5.56 Å². The molecule has 0 aliphatic carbocycles. The Hall–Kier alpha value is -1.35. The molecule has 2 rings (SSSR count). The van der Waals surface area contributed by atoms with Crippen LogP contribution >= 0.6 is 0 Å². The van der Waals surface area contributed by atoms with Crippen LogP contribution in [-0.2, 0) is 17.6 Å². The summed E-state index contributed by atoms with van der Waals surface area (Å²) in [7, 11) is 0. The second-order valence-electron chi connectivity index (χ2n) is 4.93. The maximum atomic E-state index is 11.2. The summed E-state index contributed by atoms with van der Waals surface area (Å²) >= 11 is 0. The van der Waals surface area contributed by atoms with Gasteiger partial charge in [-0.25, -0.2) is 0 Å². The van der Waals surface area contributed by atoms with Gasteiger partial charge >= 0.3 is 0 Å². The summed E-state index contributed by atoms with van der Waals surface area (Å²) in [5.41, 5.74) is 3.45. The predicted molar refractivity (Wildman–Crippen MR) is 70.2 cm³/mol. The lowest BCUT2D eigenvalue weighted by molar-refractivity contribution is -0.115. The molecule has 0 fully saturated rings. The molecule has 0 bridgehead atoms. The van der Waals surface area contributed by atoms with Gasteiger partial charge in [0.05, 0.1) is 6.42 Å². The van der Waals surface area contributed by atoms with Crippen LogP contribution in [0.25, 0.3) is 0 Å². The average molecular weight is 232 g/mol. The molecular weight excluding hydrogens is 212 g/mol. The minimum atomic E-state index is 0.110. The third-order valence-electron chi connectivity index (χ3n) is 2.99. The van der Waals surface area contributed by atoms with E-state index in [1.54, 1.807) is 0 Å². The van der Waals surface area contributed by atoms with Gasteiger partial charge in [-0.15, -0.1) is 0 Å². The van der Waals surface area contributed by atoms with Gasteiger partial charge < -0.3 is 10.6 Å². The van der Waals surface area contributed by atoms with Crippen molar-refractivity contribution in [2.24, 2.45) is 0 Å². The Labute approximate surface area is 103 Å². The number of carbonyl (C=O) groups excluding carboxylic acids is 1. The summed E-state index contributed by atoms with van der Waals surface area (Å²) in [4.78, 5) is 11.2. The molecule has 1 amide bonds. The van der Waals surface area contributed by atoms with Crippen molar-refractivity contribution in [2.75, 3.05) is 11.9 Å². The molecule has 0 unspecified atom stereocenters. The molecule has 17 heavy (non-hydrogen) atoms. The molecule has 0 aromatic heterocycles. The van der Waals surface area contributed by atoms with Crippen LogP contribution in [0.5, 0.6) is 0 Å².